The molecule has 0 aromatic heterocycles. The maximum Gasteiger partial charge on any atom is 0.296 e. The molecule has 40 heavy (non-hydrogen) atoms. The largest absolute Gasteiger partial charge is 0.505 e. The van der Waals surface area contributed by atoms with Gasteiger partial charge in [-0.25, -0.2) is 8.42 Å². The molecule has 0 bridgehead atoms. The van der Waals surface area contributed by atoms with Gasteiger partial charge in [0.15, 0.2) is 15.6 Å². The first-order valence-electron chi connectivity index (χ1n) is 11.3. The number of carbonyl (C=O) groups excluding carboxylic acids is 1. The van der Waals surface area contributed by atoms with Crippen LogP contribution in [-0.4, -0.2) is 56.8 Å². The summed E-state index contributed by atoms with van der Waals surface area (Å²) >= 11 is 5.45. The molecule has 14 heteroatoms. The van der Waals surface area contributed by atoms with Crippen molar-refractivity contribution in [1.29, 1.82) is 0 Å². The van der Waals surface area contributed by atoms with E-state index in [-0.39, 0.29) is 35.8 Å². The Labute approximate surface area is 239 Å². The van der Waals surface area contributed by atoms with E-state index in [1.54, 1.807) is 39.1 Å². The summed E-state index contributed by atoms with van der Waals surface area (Å²) in [7, 11) is -6.83. The van der Waals surface area contributed by atoms with Crippen LogP contribution in [0.15, 0.2) is 64.7 Å². The van der Waals surface area contributed by atoms with E-state index in [9.17, 15) is 31.3 Å². The second-order valence-electron chi connectivity index (χ2n) is 8.24. The molecule has 0 heterocycles. The van der Waals surface area contributed by atoms with Crippen LogP contribution in [0.1, 0.15) is 18.6 Å². The highest BCUT2D eigenvalue weighted by Crippen LogP contribution is 2.44. The van der Waals surface area contributed by atoms with Crippen LogP contribution in [-0.2, 0) is 24.7 Å². The number of benzene rings is 3. The van der Waals surface area contributed by atoms with E-state index in [1.165, 1.54) is 18.2 Å². The van der Waals surface area contributed by atoms with Gasteiger partial charge in [0.05, 0.1) is 11.4 Å². The van der Waals surface area contributed by atoms with Gasteiger partial charge >= 0.3 is 0 Å². The smallest absolute Gasteiger partial charge is 0.296 e. The number of hydrogen-bond acceptors (Lipinski definition) is 9. The molecule has 1 amide bonds. The number of halogens is 1. The highest BCUT2D eigenvalue weighted by atomic mass is 35.5. The third-order valence-electron chi connectivity index (χ3n) is 5.33. The maximum absolute atomic E-state index is 12.2. The first-order valence-corrected chi connectivity index (χ1v) is 15.1. The minimum absolute atomic E-state index is 0. The molecule has 0 spiro atoms. The molecule has 0 radical (unpaired) electrons. The SMILES string of the molecule is C.C=C.CNc1cc(C)cc2cc(S(=O)(=O)O)c(N=Nc3cc(NC(=O)CS(=O)(=O)CCCl)ccc3C)c(O)c12. The van der Waals surface area contributed by atoms with Gasteiger partial charge in [0.1, 0.15) is 16.3 Å². The Kier molecular flexibility index (Phi) is 12.3. The summed E-state index contributed by atoms with van der Waals surface area (Å²) in [6.45, 7) is 9.47. The van der Waals surface area contributed by atoms with Gasteiger partial charge in [0.25, 0.3) is 10.1 Å². The van der Waals surface area contributed by atoms with Gasteiger partial charge in [-0.05, 0) is 54.6 Å². The summed E-state index contributed by atoms with van der Waals surface area (Å²) in [6, 6.07) is 9.10. The lowest BCUT2D eigenvalue weighted by molar-refractivity contribution is -0.113. The lowest BCUT2D eigenvalue weighted by Gasteiger charge is -2.13. The van der Waals surface area contributed by atoms with Crippen LogP contribution in [0.5, 0.6) is 5.75 Å². The Balaban J connectivity index is 0.00000261. The van der Waals surface area contributed by atoms with Crippen molar-refractivity contribution in [2.75, 3.05) is 35.1 Å². The fourth-order valence-electron chi connectivity index (χ4n) is 3.61. The first-order chi connectivity index (χ1) is 18.3. The molecule has 0 aliphatic carbocycles. The summed E-state index contributed by atoms with van der Waals surface area (Å²) < 4.78 is 57.7. The number of aryl methyl sites for hydroxylation is 2. The number of anilines is 2. The van der Waals surface area contributed by atoms with E-state index in [0.717, 1.165) is 5.56 Å². The van der Waals surface area contributed by atoms with E-state index in [1.807, 2.05) is 0 Å². The van der Waals surface area contributed by atoms with Crippen LogP contribution in [0, 0.1) is 13.8 Å². The Morgan fingerprint density at radius 1 is 1.05 bits per heavy atom. The highest BCUT2D eigenvalue weighted by Gasteiger charge is 2.24. The molecule has 4 N–H and O–H groups in total. The molecule has 0 unspecified atom stereocenters. The normalized spacial score (nSPS) is 11.4. The average Bonchev–Trinajstić information content (AvgIpc) is 2.84. The third kappa shape index (κ3) is 8.49. The summed E-state index contributed by atoms with van der Waals surface area (Å²) in [5.74, 6) is -2.50. The molecule has 0 atom stereocenters. The number of azo groups is 1. The Morgan fingerprint density at radius 2 is 1.70 bits per heavy atom. The molecule has 0 aliphatic rings. The van der Waals surface area contributed by atoms with E-state index in [2.05, 4.69) is 34.0 Å². The number of rotatable bonds is 9. The van der Waals surface area contributed by atoms with Gasteiger partial charge < -0.3 is 15.7 Å². The molecule has 3 rings (SSSR count). The van der Waals surface area contributed by atoms with Gasteiger partial charge in [-0.3, -0.25) is 9.35 Å². The minimum atomic E-state index is -4.80. The molecule has 0 fully saturated rings. The molecular weight excluding hydrogens is 580 g/mol. The van der Waals surface area contributed by atoms with Gasteiger partial charge in [0, 0.05) is 29.7 Å². The van der Waals surface area contributed by atoms with Gasteiger partial charge in [0.2, 0.25) is 5.91 Å². The van der Waals surface area contributed by atoms with Crippen LogP contribution in [0.25, 0.3) is 10.8 Å². The first kappa shape index (κ1) is 34.5. The van der Waals surface area contributed by atoms with Crippen molar-refractivity contribution in [3.05, 3.63) is 60.7 Å². The van der Waals surface area contributed by atoms with Crippen molar-refractivity contribution in [2.45, 2.75) is 26.2 Å². The number of nitrogens with one attached hydrogen (secondary N) is 2. The van der Waals surface area contributed by atoms with Crippen molar-refractivity contribution in [1.82, 2.24) is 0 Å². The third-order valence-corrected chi connectivity index (χ3v) is 8.14. The van der Waals surface area contributed by atoms with Crippen LogP contribution in [0.2, 0.25) is 0 Å². The number of fused-ring (bicyclic) bond motifs is 1. The molecule has 0 saturated heterocycles. The number of nitrogens with zero attached hydrogens (tertiary/aromatic N) is 2. The molecule has 11 nitrogen and oxygen atoms in total. The van der Waals surface area contributed by atoms with Crippen molar-refractivity contribution in [3.63, 3.8) is 0 Å². The second-order valence-corrected chi connectivity index (χ2v) is 12.2. The molecular formula is C26H33ClN4O7S2. The van der Waals surface area contributed by atoms with Crippen LogP contribution < -0.4 is 10.6 Å². The predicted octanol–water partition coefficient (Wildman–Crippen LogP) is 5.90. The molecule has 3 aromatic carbocycles. The quantitative estimate of drug-likeness (QED) is 0.0999. The van der Waals surface area contributed by atoms with E-state index in [4.69, 9.17) is 11.6 Å². The Hall–Kier alpha value is -3.52. The monoisotopic (exact) mass is 612 g/mol. The van der Waals surface area contributed by atoms with Gasteiger partial charge in [-0.2, -0.15) is 13.5 Å². The zero-order valence-corrected chi connectivity index (χ0v) is 23.9. The zero-order chi connectivity index (χ0) is 29.5. The van der Waals surface area contributed by atoms with Crippen molar-refractivity contribution in [2.24, 2.45) is 10.2 Å². The summed E-state index contributed by atoms with van der Waals surface area (Å²) in [4.78, 5) is 11.5. The van der Waals surface area contributed by atoms with Gasteiger partial charge in [-0.15, -0.1) is 29.9 Å². The summed E-state index contributed by atoms with van der Waals surface area (Å²) in [5, 5.41) is 25.0. The Morgan fingerprint density at radius 3 is 2.27 bits per heavy atom. The lowest BCUT2D eigenvalue weighted by Crippen LogP contribution is -2.25. The number of amides is 1. The molecule has 0 aliphatic heterocycles. The Bertz CT molecular complexity index is 1640. The van der Waals surface area contributed by atoms with E-state index >= 15 is 0 Å². The molecule has 218 valence electrons. The van der Waals surface area contributed by atoms with Crippen LogP contribution >= 0.6 is 11.6 Å². The fraction of sp³-hybridized carbons (Fsp3) is 0.269. The number of phenolic OH excluding ortho intramolecular Hbond substituents is 1. The zero-order valence-electron chi connectivity index (χ0n) is 21.5. The number of alkyl halides is 1. The highest BCUT2D eigenvalue weighted by molar-refractivity contribution is 7.92. The molecule has 3 aromatic rings. The standard InChI is InChI=1S/C23H25ClN4O7S2.C2H4.CH4/c1-13-8-15-10-19(37(33,34)35)22(23(30)21(15)18(9-13)25-3)28-27-17-11-16(5-4-14(17)2)26-20(29)12-36(31,32)7-6-24;1-2;/h4-5,8-11,25,30H,6-7,12H2,1-3H3,(H,26,29)(H,33,34,35);1-2H2;1H4. The lowest BCUT2D eigenvalue weighted by atomic mass is 10.0. The fourth-order valence-corrected chi connectivity index (χ4v) is 5.83. The second kappa shape index (κ2) is 14.2. The van der Waals surface area contributed by atoms with E-state index < -0.39 is 47.9 Å². The number of aromatic hydroxyl groups is 1. The van der Waals surface area contributed by atoms with Crippen molar-refractivity contribution >= 4 is 71.0 Å². The van der Waals surface area contributed by atoms with Crippen molar-refractivity contribution < 1.29 is 31.3 Å². The van der Waals surface area contributed by atoms with Crippen LogP contribution in [0.4, 0.5) is 22.7 Å². The van der Waals surface area contributed by atoms with Crippen LogP contribution in [0.3, 0.4) is 0 Å². The molecule has 0 saturated carbocycles. The topological polar surface area (TPSA) is 175 Å². The minimum Gasteiger partial charge on any atom is -0.505 e. The average molecular weight is 613 g/mol. The maximum atomic E-state index is 12.2. The number of phenols is 1. The summed E-state index contributed by atoms with van der Waals surface area (Å²) in [6.07, 6.45) is 0. The summed E-state index contributed by atoms with van der Waals surface area (Å²) in [5.41, 5.74) is 1.82. The van der Waals surface area contributed by atoms with Gasteiger partial charge in [-0.1, -0.05) is 19.6 Å². The number of carbonyl (C=O) groups is 1. The number of hydrogen-bond donors (Lipinski definition) is 4. The number of sulfone groups is 1. The van der Waals surface area contributed by atoms with Crippen molar-refractivity contribution in [3.8, 4) is 5.75 Å². The van der Waals surface area contributed by atoms with E-state index in [0.29, 0.717) is 16.6 Å². The predicted molar refractivity (Wildman–Crippen MR) is 161 cm³/mol.